The minimum absolute atomic E-state index is 0.0244. The van der Waals surface area contributed by atoms with Crippen molar-refractivity contribution in [2.75, 3.05) is 13.7 Å². The molecule has 0 radical (unpaired) electrons. The molecule has 0 atom stereocenters. The van der Waals surface area contributed by atoms with Gasteiger partial charge in [0.2, 0.25) is 0 Å². The van der Waals surface area contributed by atoms with Gasteiger partial charge in [-0.25, -0.2) is 0 Å². The Labute approximate surface area is 115 Å². The zero-order chi connectivity index (χ0) is 13.7. The summed E-state index contributed by atoms with van der Waals surface area (Å²) < 4.78 is 15.4. The number of carbonyl (C=O) groups excluding carboxylic acids is 1. The van der Waals surface area contributed by atoms with Crippen LogP contribution in [0.1, 0.15) is 16.1 Å². The quantitative estimate of drug-likeness (QED) is 0.762. The molecule has 1 aromatic heterocycles. The molecule has 0 bridgehead atoms. The summed E-state index contributed by atoms with van der Waals surface area (Å²) in [5.41, 5.74) is 0.491. The van der Waals surface area contributed by atoms with Crippen molar-refractivity contribution in [2.45, 2.75) is 6.61 Å². The van der Waals surface area contributed by atoms with Crippen molar-refractivity contribution in [3.8, 4) is 5.75 Å². The van der Waals surface area contributed by atoms with Gasteiger partial charge in [0, 0.05) is 5.56 Å². The third kappa shape index (κ3) is 3.59. The lowest BCUT2D eigenvalue weighted by molar-refractivity contribution is 0.0691. The van der Waals surface area contributed by atoms with Crippen molar-refractivity contribution < 1.29 is 18.7 Å². The SMILES string of the molecule is COc1ccc(C(=O)COCc2ccco2)cc1Cl. The van der Waals surface area contributed by atoms with E-state index >= 15 is 0 Å². The Hall–Kier alpha value is -1.78. The number of ether oxygens (including phenoxy) is 2. The number of hydrogen-bond acceptors (Lipinski definition) is 4. The summed E-state index contributed by atoms with van der Waals surface area (Å²) in [5.74, 6) is 1.08. The number of furan rings is 1. The second-order valence-electron chi connectivity index (χ2n) is 3.84. The smallest absolute Gasteiger partial charge is 0.188 e. The molecule has 0 unspecified atom stereocenters. The van der Waals surface area contributed by atoms with Crippen LogP contribution in [-0.4, -0.2) is 19.5 Å². The van der Waals surface area contributed by atoms with E-state index in [0.717, 1.165) is 0 Å². The number of benzene rings is 1. The van der Waals surface area contributed by atoms with Crippen LogP contribution in [0, 0.1) is 0 Å². The van der Waals surface area contributed by atoms with Gasteiger partial charge in [0.05, 0.1) is 18.4 Å². The van der Waals surface area contributed by atoms with E-state index in [1.807, 2.05) is 0 Å². The minimum Gasteiger partial charge on any atom is -0.495 e. The number of carbonyl (C=O) groups is 1. The lowest BCUT2D eigenvalue weighted by Crippen LogP contribution is -2.09. The van der Waals surface area contributed by atoms with Gasteiger partial charge in [-0.05, 0) is 30.3 Å². The predicted molar refractivity (Wildman–Crippen MR) is 70.7 cm³/mol. The number of ketones is 1. The number of rotatable bonds is 6. The highest BCUT2D eigenvalue weighted by molar-refractivity contribution is 6.32. The minimum atomic E-state index is -0.142. The summed E-state index contributed by atoms with van der Waals surface area (Å²) in [6, 6.07) is 8.43. The summed E-state index contributed by atoms with van der Waals surface area (Å²) in [6.45, 7) is 0.242. The van der Waals surface area contributed by atoms with E-state index in [4.69, 9.17) is 25.5 Å². The Morgan fingerprint density at radius 3 is 2.84 bits per heavy atom. The second kappa shape index (κ2) is 6.41. The maximum atomic E-state index is 11.9. The molecule has 2 rings (SSSR count). The molecule has 0 fully saturated rings. The lowest BCUT2D eigenvalue weighted by Gasteiger charge is -2.06. The van der Waals surface area contributed by atoms with Gasteiger partial charge in [-0.3, -0.25) is 4.79 Å². The highest BCUT2D eigenvalue weighted by Gasteiger charge is 2.09. The Bertz CT molecular complexity index is 549. The van der Waals surface area contributed by atoms with Gasteiger partial charge in [0.25, 0.3) is 0 Å². The molecule has 4 nitrogen and oxygen atoms in total. The largest absolute Gasteiger partial charge is 0.495 e. The molecule has 100 valence electrons. The first kappa shape index (κ1) is 13.6. The average molecular weight is 281 g/mol. The average Bonchev–Trinajstić information content (AvgIpc) is 2.91. The molecule has 0 saturated heterocycles. The fraction of sp³-hybridized carbons (Fsp3) is 0.214. The standard InChI is InChI=1S/C14H13ClO4/c1-17-14-5-4-10(7-12(14)15)13(16)9-18-8-11-3-2-6-19-11/h2-7H,8-9H2,1H3. The van der Waals surface area contributed by atoms with E-state index in [1.54, 1.807) is 36.6 Å². The molecular weight excluding hydrogens is 268 g/mol. The van der Waals surface area contributed by atoms with Crippen molar-refractivity contribution in [3.63, 3.8) is 0 Å². The van der Waals surface area contributed by atoms with Gasteiger partial charge in [-0.2, -0.15) is 0 Å². The monoisotopic (exact) mass is 280 g/mol. The molecule has 0 aliphatic rings. The zero-order valence-corrected chi connectivity index (χ0v) is 11.1. The second-order valence-corrected chi connectivity index (χ2v) is 4.25. The molecule has 2 aromatic rings. The maximum Gasteiger partial charge on any atom is 0.188 e. The van der Waals surface area contributed by atoms with Gasteiger partial charge in [0.15, 0.2) is 5.78 Å². The third-order valence-electron chi connectivity index (χ3n) is 2.53. The van der Waals surface area contributed by atoms with Gasteiger partial charge >= 0.3 is 0 Å². The van der Waals surface area contributed by atoms with Crippen LogP contribution >= 0.6 is 11.6 Å². The molecule has 0 saturated carbocycles. The molecule has 0 aliphatic carbocycles. The Balaban J connectivity index is 1.91. The number of methoxy groups -OCH3 is 1. The molecule has 19 heavy (non-hydrogen) atoms. The van der Waals surface area contributed by atoms with E-state index in [2.05, 4.69) is 0 Å². The highest BCUT2D eigenvalue weighted by atomic mass is 35.5. The van der Waals surface area contributed by atoms with Crippen molar-refractivity contribution in [1.29, 1.82) is 0 Å². The summed E-state index contributed by atoms with van der Waals surface area (Å²) >= 11 is 5.96. The van der Waals surface area contributed by atoms with Crippen LogP contribution in [0.2, 0.25) is 5.02 Å². The summed E-state index contributed by atoms with van der Waals surface area (Å²) in [7, 11) is 1.52. The maximum absolute atomic E-state index is 11.9. The molecular formula is C14H13ClO4. The van der Waals surface area contributed by atoms with Crippen LogP contribution in [0.25, 0.3) is 0 Å². The van der Waals surface area contributed by atoms with E-state index in [9.17, 15) is 4.79 Å². The lowest BCUT2D eigenvalue weighted by atomic mass is 10.1. The van der Waals surface area contributed by atoms with Crippen LogP contribution in [-0.2, 0) is 11.3 Å². The molecule has 1 heterocycles. The normalized spacial score (nSPS) is 10.4. The van der Waals surface area contributed by atoms with Crippen LogP contribution in [0.4, 0.5) is 0 Å². The number of Topliss-reactive ketones (excluding diaryl/α,β-unsaturated/α-hetero) is 1. The van der Waals surface area contributed by atoms with E-state index in [0.29, 0.717) is 22.1 Å². The first-order chi connectivity index (χ1) is 9.20. The van der Waals surface area contributed by atoms with E-state index in [1.165, 1.54) is 7.11 Å². The molecule has 0 N–H and O–H groups in total. The Morgan fingerprint density at radius 1 is 1.37 bits per heavy atom. The topological polar surface area (TPSA) is 48.7 Å². The first-order valence-electron chi connectivity index (χ1n) is 5.67. The number of hydrogen-bond donors (Lipinski definition) is 0. The molecule has 0 amide bonds. The predicted octanol–water partition coefficient (Wildman–Crippen LogP) is 3.34. The molecule has 5 heteroatoms. The molecule has 0 spiro atoms. The van der Waals surface area contributed by atoms with Gasteiger partial charge in [0.1, 0.15) is 24.7 Å². The Kier molecular flexibility index (Phi) is 4.60. The van der Waals surface area contributed by atoms with E-state index < -0.39 is 0 Å². The fourth-order valence-corrected chi connectivity index (χ4v) is 1.82. The van der Waals surface area contributed by atoms with Gasteiger partial charge < -0.3 is 13.9 Å². The van der Waals surface area contributed by atoms with Gasteiger partial charge in [-0.15, -0.1) is 0 Å². The van der Waals surface area contributed by atoms with Crippen molar-refractivity contribution in [1.82, 2.24) is 0 Å². The molecule has 0 aliphatic heterocycles. The van der Waals surface area contributed by atoms with Crippen LogP contribution in [0.5, 0.6) is 5.75 Å². The van der Waals surface area contributed by atoms with Crippen LogP contribution in [0.3, 0.4) is 0 Å². The van der Waals surface area contributed by atoms with Gasteiger partial charge in [-0.1, -0.05) is 11.6 Å². The highest BCUT2D eigenvalue weighted by Crippen LogP contribution is 2.25. The Morgan fingerprint density at radius 2 is 2.21 bits per heavy atom. The van der Waals surface area contributed by atoms with E-state index in [-0.39, 0.29) is 19.0 Å². The van der Waals surface area contributed by atoms with Crippen molar-refractivity contribution in [3.05, 3.63) is 52.9 Å². The summed E-state index contributed by atoms with van der Waals surface area (Å²) in [5, 5.41) is 0.402. The third-order valence-corrected chi connectivity index (χ3v) is 2.83. The fourth-order valence-electron chi connectivity index (χ4n) is 1.56. The molecule has 1 aromatic carbocycles. The van der Waals surface area contributed by atoms with Crippen molar-refractivity contribution >= 4 is 17.4 Å². The summed E-state index contributed by atoms with van der Waals surface area (Å²) in [6.07, 6.45) is 1.56. The zero-order valence-electron chi connectivity index (χ0n) is 10.4. The van der Waals surface area contributed by atoms with Crippen molar-refractivity contribution in [2.24, 2.45) is 0 Å². The first-order valence-corrected chi connectivity index (χ1v) is 6.05. The summed E-state index contributed by atoms with van der Waals surface area (Å²) in [4.78, 5) is 11.9. The van der Waals surface area contributed by atoms with Crippen LogP contribution in [0.15, 0.2) is 41.0 Å². The van der Waals surface area contributed by atoms with Crippen LogP contribution < -0.4 is 4.74 Å². The number of halogens is 1.